The first-order chi connectivity index (χ1) is 14.0. The third-order valence-corrected chi connectivity index (χ3v) is 4.91. The van der Waals surface area contributed by atoms with Crippen molar-refractivity contribution >= 4 is 29.1 Å². The summed E-state index contributed by atoms with van der Waals surface area (Å²) in [5.41, 5.74) is 1.05. The molecule has 0 spiro atoms. The number of carbonyl (C=O) groups is 2. The van der Waals surface area contributed by atoms with E-state index in [4.69, 9.17) is 16.1 Å². The Labute approximate surface area is 170 Å². The van der Waals surface area contributed by atoms with Crippen molar-refractivity contribution in [2.75, 3.05) is 11.4 Å². The largest absolute Gasteiger partial charge is 0.343 e. The van der Waals surface area contributed by atoms with E-state index < -0.39 is 5.82 Å². The molecule has 1 unspecified atom stereocenters. The minimum absolute atomic E-state index is 0.0465. The van der Waals surface area contributed by atoms with E-state index in [1.165, 1.54) is 23.1 Å². The van der Waals surface area contributed by atoms with Crippen molar-refractivity contribution in [2.24, 2.45) is 0 Å². The van der Waals surface area contributed by atoms with Gasteiger partial charge in [-0.05, 0) is 30.3 Å². The highest BCUT2D eigenvalue weighted by atomic mass is 35.5. The molecule has 0 radical (unpaired) electrons. The number of rotatable bonds is 5. The molecular formula is C20H16ClFN4O3. The van der Waals surface area contributed by atoms with Crippen molar-refractivity contribution < 1.29 is 18.5 Å². The summed E-state index contributed by atoms with van der Waals surface area (Å²) in [6.45, 7) is 0.412. The van der Waals surface area contributed by atoms with Gasteiger partial charge in [-0.25, -0.2) is 4.39 Å². The maximum atomic E-state index is 13.4. The summed E-state index contributed by atoms with van der Waals surface area (Å²) in [4.78, 5) is 30.3. The lowest BCUT2D eigenvalue weighted by molar-refractivity contribution is -0.117. The molecule has 1 aliphatic heterocycles. The van der Waals surface area contributed by atoms with Crippen LogP contribution < -0.4 is 10.2 Å². The van der Waals surface area contributed by atoms with Crippen LogP contribution in [0.3, 0.4) is 0 Å². The highest BCUT2D eigenvalue weighted by Crippen LogP contribution is 2.32. The Morgan fingerprint density at radius 3 is 2.83 bits per heavy atom. The number of hydrogen-bond acceptors (Lipinski definition) is 5. The first kappa shape index (κ1) is 19.1. The fourth-order valence-electron chi connectivity index (χ4n) is 3.14. The number of benzene rings is 2. The van der Waals surface area contributed by atoms with E-state index in [1.54, 1.807) is 24.3 Å². The summed E-state index contributed by atoms with van der Waals surface area (Å²) in [6, 6.07) is 12.9. The number of anilines is 1. The van der Waals surface area contributed by atoms with Crippen LogP contribution in [0.15, 0.2) is 53.1 Å². The summed E-state index contributed by atoms with van der Waals surface area (Å²) in [6.07, 6.45) is 0.199. The van der Waals surface area contributed by atoms with Crippen LogP contribution in [0.2, 0.25) is 5.02 Å². The van der Waals surface area contributed by atoms with Crippen LogP contribution in [0.4, 0.5) is 10.1 Å². The van der Waals surface area contributed by atoms with Gasteiger partial charge in [0.25, 0.3) is 5.91 Å². The van der Waals surface area contributed by atoms with Gasteiger partial charge in [0.15, 0.2) is 5.82 Å². The van der Waals surface area contributed by atoms with E-state index in [0.717, 1.165) is 0 Å². The topological polar surface area (TPSA) is 88.3 Å². The van der Waals surface area contributed by atoms with Crippen LogP contribution in [0.25, 0.3) is 0 Å². The van der Waals surface area contributed by atoms with Crippen LogP contribution in [-0.2, 0) is 11.3 Å². The maximum Gasteiger partial charge on any atom is 0.251 e. The van der Waals surface area contributed by atoms with E-state index in [9.17, 15) is 14.0 Å². The van der Waals surface area contributed by atoms with Gasteiger partial charge in [-0.15, -0.1) is 0 Å². The number of aromatic nitrogens is 2. The molecule has 0 bridgehead atoms. The van der Waals surface area contributed by atoms with E-state index in [0.29, 0.717) is 23.6 Å². The average Bonchev–Trinajstić information content (AvgIpc) is 3.35. The molecule has 3 aromatic rings. The molecule has 2 aromatic carbocycles. The van der Waals surface area contributed by atoms with Gasteiger partial charge < -0.3 is 14.7 Å². The summed E-state index contributed by atoms with van der Waals surface area (Å²) in [7, 11) is 0. The SMILES string of the molecule is O=C(NCc1nc(C2CC(=O)N(c3ccc(F)c(Cl)c3)C2)no1)c1ccccc1. The number of nitrogens with zero attached hydrogens (tertiary/aromatic N) is 3. The summed E-state index contributed by atoms with van der Waals surface area (Å²) < 4.78 is 18.6. The van der Waals surface area contributed by atoms with Crippen molar-refractivity contribution in [3.63, 3.8) is 0 Å². The molecule has 2 amide bonds. The Morgan fingerprint density at radius 1 is 1.28 bits per heavy atom. The van der Waals surface area contributed by atoms with Gasteiger partial charge in [-0.2, -0.15) is 4.98 Å². The molecule has 1 aromatic heterocycles. The zero-order valence-corrected chi connectivity index (χ0v) is 15.9. The highest BCUT2D eigenvalue weighted by molar-refractivity contribution is 6.31. The van der Waals surface area contributed by atoms with E-state index >= 15 is 0 Å². The molecule has 0 aliphatic carbocycles. The van der Waals surface area contributed by atoms with Crippen molar-refractivity contribution in [3.8, 4) is 0 Å². The Hall–Kier alpha value is -3.26. The molecule has 1 saturated heterocycles. The van der Waals surface area contributed by atoms with Crippen molar-refractivity contribution in [3.05, 3.63) is 76.6 Å². The molecule has 1 atom stereocenters. The fourth-order valence-corrected chi connectivity index (χ4v) is 3.31. The van der Waals surface area contributed by atoms with Gasteiger partial charge in [-0.3, -0.25) is 9.59 Å². The first-order valence-corrected chi connectivity index (χ1v) is 9.30. The molecular weight excluding hydrogens is 399 g/mol. The van der Waals surface area contributed by atoms with Gasteiger partial charge in [0.05, 0.1) is 11.6 Å². The highest BCUT2D eigenvalue weighted by Gasteiger charge is 2.34. The zero-order chi connectivity index (χ0) is 20.4. The molecule has 0 saturated carbocycles. The van der Waals surface area contributed by atoms with Crippen molar-refractivity contribution in [1.29, 1.82) is 0 Å². The molecule has 1 aliphatic rings. The molecule has 29 heavy (non-hydrogen) atoms. The van der Waals surface area contributed by atoms with E-state index in [1.807, 2.05) is 6.07 Å². The third kappa shape index (κ3) is 4.12. The Bertz CT molecular complexity index is 1060. The first-order valence-electron chi connectivity index (χ1n) is 8.92. The Kier molecular flexibility index (Phi) is 5.26. The second-order valence-corrected chi connectivity index (χ2v) is 7.01. The number of halogens is 2. The predicted octanol–water partition coefficient (Wildman–Crippen LogP) is 3.31. The zero-order valence-electron chi connectivity index (χ0n) is 15.1. The van der Waals surface area contributed by atoms with E-state index in [-0.39, 0.29) is 41.6 Å². The van der Waals surface area contributed by atoms with E-state index in [2.05, 4.69) is 15.5 Å². The van der Waals surface area contributed by atoms with Gasteiger partial charge in [0, 0.05) is 30.1 Å². The standard InChI is InChI=1S/C20H16ClFN4O3/c21-15-9-14(6-7-16(15)22)26-11-13(8-18(26)27)19-24-17(29-25-19)10-23-20(28)12-4-2-1-3-5-12/h1-7,9,13H,8,10-11H2,(H,23,28). The quantitative estimate of drug-likeness (QED) is 0.692. The van der Waals surface area contributed by atoms with Crippen molar-refractivity contribution in [1.82, 2.24) is 15.5 Å². The molecule has 1 N–H and O–H groups in total. The van der Waals surface area contributed by atoms with Crippen LogP contribution >= 0.6 is 11.6 Å². The molecule has 2 heterocycles. The summed E-state index contributed by atoms with van der Waals surface area (Å²) in [5, 5.41) is 6.61. The predicted molar refractivity (Wildman–Crippen MR) is 103 cm³/mol. The smallest absolute Gasteiger partial charge is 0.251 e. The lowest BCUT2D eigenvalue weighted by atomic mass is 10.1. The number of hydrogen-bond donors (Lipinski definition) is 1. The van der Waals surface area contributed by atoms with Crippen LogP contribution in [-0.4, -0.2) is 28.5 Å². The molecule has 1 fully saturated rings. The molecule has 9 heteroatoms. The molecule has 4 rings (SSSR count). The third-order valence-electron chi connectivity index (χ3n) is 4.62. The Balaban J connectivity index is 1.40. The second kappa shape index (κ2) is 8.00. The van der Waals surface area contributed by atoms with Crippen LogP contribution in [0.5, 0.6) is 0 Å². The van der Waals surface area contributed by atoms with Gasteiger partial charge in [-0.1, -0.05) is 35.0 Å². The van der Waals surface area contributed by atoms with Gasteiger partial charge in [0.1, 0.15) is 5.82 Å². The Morgan fingerprint density at radius 2 is 2.07 bits per heavy atom. The second-order valence-electron chi connectivity index (χ2n) is 6.60. The number of amides is 2. The minimum atomic E-state index is -0.543. The fraction of sp³-hybridized carbons (Fsp3) is 0.200. The van der Waals surface area contributed by atoms with Gasteiger partial charge >= 0.3 is 0 Å². The van der Waals surface area contributed by atoms with Crippen LogP contribution in [0.1, 0.15) is 34.4 Å². The lowest BCUT2D eigenvalue weighted by Crippen LogP contribution is -2.24. The maximum absolute atomic E-state index is 13.4. The summed E-state index contributed by atoms with van der Waals surface area (Å²) >= 11 is 5.81. The average molecular weight is 415 g/mol. The lowest BCUT2D eigenvalue weighted by Gasteiger charge is -2.16. The van der Waals surface area contributed by atoms with Gasteiger partial charge in [0.2, 0.25) is 11.8 Å². The van der Waals surface area contributed by atoms with Crippen molar-refractivity contribution in [2.45, 2.75) is 18.9 Å². The monoisotopic (exact) mass is 414 g/mol. The van der Waals surface area contributed by atoms with Crippen LogP contribution in [0, 0.1) is 5.82 Å². The minimum Gasteiger partial charge on any atom is -0.343 e. The number of carbonyl (C=O) groups excluding carboxylic acids is 2. The molecule has 148 valence electrons. The summed E-state index contributed by atoms with van der Waals surface area (Å²) in [5.74, 6) is -0.562. The number of nitrogens with one attached hydrogen (secondary N) is 1. The molecule has 7 nitrogen and oxygen atoms in total. The normalized spacial score (nSPS) is 16.3.